The van der Waals surface area contributed by atoms with Gasteiger partial charge in [0.1, 0.15) is 11.7 Å². The number of aromatic nitrogens is 2. The van der Waals surface area contributed by atoms with E-state index in [4.69, 9.17) is 0 Å². The van der Waals surface area contributed by atoms with Crippen LogP contribution in [-0.4, -0.2) is 39.1 Å². The van der Waals surface area contributed by atoms with Crippen LogP contribution in [0.5, 0.6) is 0 Å². The molecular formula is C11H14N4O3. The molecule has 1 aromatic heterocycles. The molecule has 1 saturated carbocycles. The van der Waals surface area contributed by atoms with Crippen molar-refractivity contribution >= 4 is 17.6 Å². The fraction of sp³-hybridized carbons (Fsp3) is 0.636. The Morgan fingerprint density at radius 2 is 2.17 bits per heavy atom. The Morgan fingerprint density at radius 1 is 1.39 bits per heavy atom. The first kappa shape index (κ1) is 11.2. The molecule has 1 saturated heterocycles. The van der Waals surface area contributed by atoms with E-state index in [1.165, 1.54) is 0 Å². The summed E-state index contributed by atoms with van der Waals surface area (Å²) in [5.74, 6) is 0.203. The van der Waals surface area contributed by atoms with Gasteiger partial charge in [-0.25, -0.2) is 4.63 Å². The summed E-state index contributed by atoms with van der Waals surface area (Å²) in [6, 6.07) is -0.117. The van der Waals surface area contributed by atoms with E-state index < -0.39 is 0 Å². The molecule has 2 amide bonds. The van der Waals surface area contributed by atoms with Crippen LogP contribution < -0.4 is 5.32 Å². The minimum atomic E-state index is -0.374. The molecule has 7 heteroatoms. The molecule has 0 spiro atoms. The zero-order chi connectivity index (χ0) is 12.7. The second-order valence-corrected chi connectivity index (χ2v) is 4.77. The van der Waals surface area contributed by atoms with Crippen molar-refractivity contribution in [2.24, 2.45) is 0 Å². The summed E-state index contributed by atoms with van der Waals surface area (Å²) in [6.07, 6.45) is 3.02. The van der Waals surface area contributed by atoms with E-state index >= 15 is 0 Å². The molecule has 1 N–H and O–H groups in total. The zero-order valence-corrected chi connectivity index (χ0v) is 10.0. The molecule has 0 aromatic carbocycles. The molecule has 1 aliphatic heterocycles. The highest BCUT2D eigenvalue weighted by molar-refractivity contribution is 5.98. The minimum absolute atomic E-state index is 0.0765. The second-order valence-electron chi connectivity index (χ2n) is 4.77. The van der Waals surface area contributed by atoms with Crippen LogP contribution in [0.4, 0.5) is 5.82 Å². The van der Waals surface area contributed by atoms with Crippen LogP contribution in [0, 0.1) is 6.92 Å². The molecule has 1 unspecified atom stereocenters. The Hall–Kier alpha value is -1.92. The van der Waals surface area contributed by atoms with Gasteiger partial charge in [0.15, 0.2) is 5.82 Å². The van der Waals surface area contributed by atoms with Crippen molar-refractivity contribution in [2.45, 2.75) is 44.7 Å². The Balaban J connectivity index is 1.72. The number of carbonyl (C=O) groups excluding carboxylic acids is 2. The number of aryl methyl sites for hydroxylation is 1. The molecule has 1 aliphatic carbocycles. The molecule has 3 rings (SSSR count). The predicted octanol–water partition coefficient (Wildman–Crippen LogP) is 0.470. The molecule has 7 nitrogen and oxygen atoms in total. The number of nitrogens with one attached hydrogen (secondary N) is 1. The molecule has 2 heterocycles. The normalized spacial score (nSPS) is 23.5. The van der Waals surface area contributed by atoms with Crippen molar-refractivity contribution in [2.75, 3.05) is 5.32 Å². The summed E-state index contributed by atoms with van der Waals surface area (Å²) in [5, 5.41) is 9.87. The first-order valence-electron chi connectivity index (χ1n) is 6.08. The number of rotatable bonds is 3. The fourth-order valence-electron chi connectivity index (χ4n) is 2.32. The van der Waals surface area contributed by atoms with Crippen LogP contribution in [0.1, 0.15) is 31.4 Å². The van der Waals surface area contributed by atoms with Gasteiger partial charge in [-0.1, -0.05) is 5.16 Å². The molecule has 2 fully saturated rings. The summed E-state index contributed by atoms with van der Waals surface area (Å²) in [4.78, 5) is 25.6. The van der Waals surface area contributed by atoms with E-state index in [9.17, 15) is 9.59 Å². The van der Waals surface area contributed by atoms with Gasteiger partial charge in [-0.05, 0) is 31.3 Å². The Labute approximate surface area is 103 Å². The lowest BCUT2D eigenvalue weighted by atomic mass is 10.2. The van der Waals surface area contributed by atoms with Crippen molar-refractivity contribution in [1.82, 2.24) is 15.2 Å². The average Bonchev–Trinajstić information content (AvgIpc) is 2.99. The molecule has 0 radical (unpaired) electrons. The van der Waals surface area contributed by atoms with Crippen LogP contribution in [0.25, 0.3) is 0 Å². The smallest absolute Gasteiger partial charge is 0.248 e. The molecule has 96 valence electrons. The van der Waals surface area contributed by atoms with Gasteiger partial charge < -0.3 is 10.2 Å². The third kappa shape index (κ3) is 1.85. The van der Waals surface area contributed by atoms with E-state index in [1.54, 1.807) is 11.8 Å². The van der Waals surface area contributed by atoms with Crippen LogP contribution in [0.2, 0.25) is 0 Å². The number of anilines is 1. The summed E-state index contributed by atoms with van der Waals surface area (Å²) < 4.78 is 4.52. The largest absolute Gasteiger partial charge is 0.328 e. The van der Waals surface area contributed by atoms with E-state index in [0.29, 0.717) is 24.4 Å². The molecule has 0 bridgehead atoms. The van der Waals surface area contributed by atoms with Crippen molar-refractivity contribution in [3.05, 3.63) is 5.69 Å². The monoisotopic (exact) mass is 250 g/mol. The molecular weight excluding hydrogens is 236 g/mol. The lowest BCUT2D eigenvalue weighted by molar-refractivity contribution is -0.133. The number of nitrogens with zero attached hydrogens (tertiary/aromatic N) is 3. The summed E-state index contributed by atoms with van der Waals surface area (Å²) >= 11 is 0. The Kier molecular flexibility index (Phi) is 2.53. The minimum Gasteiger partial charge on any atom is -0.328 e. The standard InChI is InChI=1S/C11H14N4O3/c1-6-10(14-18-13-6)12-11(17)8-4-5-9(16)15(8)7-2-3-7/h7-8H,2-5H2,1H3,(H,12,14,17). The van der Waals surface area contributed by atoms with Gasteiger partial charge in [-0.2, -0.15) is 0 Å². The Morgan fingerprint density at radius 3 is 2.78 bits per heavy atom. The maximum atomic E-state index is 12.1. The molecule has 1 atom stereocenters. The Bertz CT molecular complexity index is 494. The summed E-state index contributed by atoms with van der Waals surface area (Å²) in [7, 11) is 0. The van der Waals surface area contributed by atoms with E-state index in [1.807, 2.05) is 0 Å². The number of carbonyl (C=O) groups is 2. The SMILES string of the molecule is Cc1nonc1NC(=O)C1CCC(=O)N1C1CC1. The van der Waals surface area contributed by atoms with Gasteiger partial charge in [0, 0.05) is 12.5 Å². The quantitative estimate of drug-likeness (QED) is 0.842. The third-order valence-electron chi connectivity index (χ3n) is 3.39. The summed E-state index contributed by atoms with van der Waals surface area (Å²) in [6.45, 7) is 1.70. The number of hydrogen-bond acceptors (Lipinski definition) is 5. The van der Waals surface area contributed by atoms with Gasteiger partial charge in [0.2, 0.25) is 11.8 Å². The van der Waals surface area contributed by atoms with E-state index in [0.717, 1.165) is 12.8 Å². The molecule has 18 heavy (non-hydrogen) atoms. The van der Waals surface area contributed by atoms with Gasteiger partial charge >= 0.3 is 0 Å². The zero-order valence-electron chi connectivity index (χ0n) is 10.0. The van der Waals surface area contributed by atoms with Crippen molar-refractivity contribution < 1.29 is 14.2 Å². The lowest BCUT2D eigenvalue weighted by Crippen LogP contribution is -2.43. The lowest BCUT2D eigenvalue weighted by Gasteiger charge is -2.23. The van der Waals surface area contributed by atoms with E-state index in [2.05, 4.69) is 20.3 Å². The molecule has 1 aromatic rings. The van der Waals surface area contributed by atoms with Gasteiger partial charge in [-0.3, -0.25) is 9.59 Å². The van der Waals surface area contributed by atoms with E-state index in [-0.39, 0.29) is 23.9 Å². The van der Waals surface area contributed by atoms with Crippen molar-refractivity contribution in [3.63, 3.8) is 0 Å². The topological polar surface area (TPSA) is 88.3 Å². The predicted molar refractivity (Wildman–Crippen MR) is 60.6 cm³/mol. The van der Waals surface area contributed by atoms with Crippen molar-refractivity contribution in [3.8, 4) is 0 Å². The molecule has 2 aliphatic rings. The highest BCUT2D eigenvalue weighted by atomic mass is 16.6. The van der Waals surface area contributed by atoms with Crippen LogP contribution >= 0.6 is 0 Å². The van der Waals surface area contributed by atoms with Gasteiger partial charge in [0.25, 0.3) is 0 Å². The first-order chi connectivity index (χ1) is 8.66. The average molecular weight is 250 g/mol. The van der Waals surface area contributed by atoms with Gasteiger partial charge in [-0.15, -0.1) is 0 Å². The van der Waals surface area contributed by atoms with Crippen molar-refractivity contribution in [1.29, 1.82) is 0 Å². The van der Waals surface area contributed by atoms with Crippen LogP contribution in [0.15, 0.2) is 4.63 Å². The second kappa shape index (κ2) is 4.08. The van der Waals surface area contributed by atoms with Crippen LogP contribution in [-0.2, 0) is 9.59 Å². The first-order valence-corrected chi connectivity index (χ1v) is 6.08. The number of amides is 2. The highest BCUT2D eigenvalue weighted by Gasteiger charge is 2.44. The number of hydrogen-bond donors (Lipinski definition) is 1. The maximum Gasteiger partial charge on any atom is 0.248 e. The fourth-order valence-corrected chi connectivity index (χ4v) is 2.32. The maximum absolute atomic E-state index is 12.1. The van der Waals surface area contributed by atoms with Gasteiger partial charge in [0.05, 0.1) is 0 Å². The number of likely N-dealkylation sites (tertiary alicyclic amines) is 1. The summed E-state index contributed by atoms with van der Waals surface area (Å²) in [5.41, 5.74) is 0.533. The third-order valence-corrected chi connectivity index (χ3v) is 3.39. The highest BCUT2D eigenvalue weighted by Crippen LogP contribution is 2.34. The van der Waals surface area contributed by atoms with Crippen LogP contribution in [0.3, 0.4) is 0 Å².